The number of aromatic amines is 1. The maximum atomic E-state index is 13.0. The molecule has 2 aliphatic heterocycles. The Labute approximate surface area is 205 Å². The fraction of sp³-hybridized carbons (Fsp3) is 0.444. The third-order valence-electron chi connectivity index (χ3n) is 7.71. The minimum absolute atomic E-state index is 0.0822. The lowest BCUT2D eigenvalue weighted by Gasteiger charge is -2.50. The second-order valence-electron chi connectivity index (χ2n) is 9.55. The van der Waals surface area contributed by atoms with E-state index in [0.29, 0.717) is 13.0 Å². The number of nitrogens with zero attached hydrogens (tertiary/aromatic N) is 2. The first kappa shape index (κ1) is 23.2. The Morgan fingerprint density at radius 3 is 2.68 bits per heavy atom. The van der Waals surface area contributed by atoms with Crippen molar-refractivity contribution in [2.75, 3.05) is 33.4 Å². The van der Waals surface area contributed by atoms with E-state index in [-0.39, 0.29) is 24.0 Å². The van der Waals surface area contributed by atoms with Crippen LogP contribution in [0, 0.1) is 0 Å². The summed E-state index contributed by atoms with van der Waals surface area (Å²) in [5.74, 6) is 0.871. The average Bonchev–Trinajstić information content (AvgIpc) is 3.25. The summed E-state index contributed by atoms with van der Waals surface area (Å²) in [5, 5.41) is 12.3. The van der Waals surface area contributed by atoms with Crippen LogP contribution in [-0.4, -0.2) is 59.1 Å². The molecular weight excluding hydrogens is 450 g/mol. The summed E-state index contributed by atoms with van der Waals surface area (Å²) < 4.78 is 5.45. The maximum Gasteiger partial charge on any atom is 0.222 e. The van der Waals surface area contributed by atoms with Crippen LogP contribution in [0.1, 0.15) is 49.0 Å². The standard InChI is InChI=1S/C27H32ClN3O3/c1-3-24(33)31-17-27(10-12-30(13-11-27)15-18-6-4-5-7-21(18)28)25-20-9-8-19(34-2)14-22(20)29-26(25)23(31)16-32/h4-9,14,23,29,32H,3,10-13,15-17H2,1-2H3/t23-/m0/s1. The number of H-pyrrole nitrogens is 1. The van der Waals surface area contributed by atoms with E-state index in [1.807, 2.05) is 42.2 Å². The van der Waals surface area contributed by atoms with Gasteiger partial charge in [-0.2, -0.15) is 0 Å². The molecule has 0 bridgehead atoms. The van der Waals surface area contributed by atoms with E-state index in [4.69, 9.17) is 16.3 Å². The number of likely N-dealkylation sites (tertiary alicyclic amines) is 1. The van der Waals surface area contributed by atoms with Gasteiger partial charge in [-0.15, -0.1) is 0 Å². The zero-order valence-electron chi connectivity index (χ0n) is 19.8. The Bertz CT molecular complexity index is 1200. The summed E-state index contributed by atoms with van der Waals surface area (Å²) in [7, 11) is 1.67. The molecule has 0 radical (unpaired) electrons. The van der Waals surface area contributed by atoms with Crippen molar-refractivity contribution in [3.05, 3.63) is 64.3 Å². The molecule has 1 saturated heterocycles. The number of halogens is 1. The molecule has 2 aromatic carbocycles. The zero-order valence-corrected chi connectivity index (χ0v) is 20.6. The molecule has 1 atom stereocenters. The van der Waals surface area contributed by atoms with E-state index in [1.54, 1.807) is 7.11 Å². The van der Waals surface area contributed by atoms with Crippen LogP contribution in [0.2, 0.25) is 5.02 Å². The van der Waals surface area contributed by atoms with Gasteiger partial charge in [0.05, 0.1) is 19.8 Å². The van der Waals surface area contributed by atoms with E-state index in [0.717, 1.165) is 65.4 Å². The van der Waals surface area contributed by atoms with Crippen molar-refractivity contribution in [2.24, 2.45) is 0 Å². The number of ether oxygens (including phenoxy) is 1. The lowest BCUT2D eigenvalue weighted by atomic mass is 9.68. The van der Waals surface area contributed by atoms with Crippen LogP contribution in [0.25, 0.3) is 10.9 Å². The van der Waals surface area contributed by atoms with Crippen LogP contribution in [-0.2, 0) is 16.8 Å². The van der Waals surface area contributed by atoms with Crippen molar-refractivity contribution in [3.63, 3.8) is 0 Å². The van der Waals surface area contributed by atoms with Crippen molar-refractivity contribution in [1.82, 2.24) is 14.8 Å². The molecule has 0 saturated carbocycles. The predicted molar refractivity (Wildman–Crippen MR) is 134 cm³/mol. The van der Waals surface area contributed by atoms with Crippen LogP contribution in [0.4, 0.5) is 0 Å². The highest BCUT2D eigenvalue weighted by Crippen LogP contribution is 2.49. The van der Waals surface area contributed by atoms with Gasteiger partial charge in [0.2, 0.25) is 5.91 Å². The minimum Gasteiger partial charge on any atom is -0.497 e. The highest BCUT2D eigenvalue weighted by Gasteiger charge is 2.48. The fourth-order valence-corrected chi connectivity index (χ4v) is 6.08. The molecule has 5 rings (SSSR count). The Morgan fingerprint density at radius 1 is 1.24 bits per heavy atom. The summed E-state index contributed by atoms with van der Waals surface area (Å²) >= 11 is 6.42. The van der Waals surface area contributed by atoms with Crippen LogP contribution < -0.4 is 4.74 Å². The van der Waals surface area contributed by atoms with Gasteiger partial charge in [-0.05, 0) is 55.3 Å². The molecule has 1 amide bonds. The number of fused-ring (bicyclic) bond motifs is 4. The number of piperidine rings is 1. The van der Waals surface area contributed by atoms with Gasteiger partial charge in [-0.3, -0.25) is 9.69 Å². The van der Waals surface area contributed by atoms with E-state index >= 15 is 0 Å². The minimum atomic E-state index is -0.354. The van der Waals surface area contributed by atoms with Crippen LogP contribution in [0.5, 0.6) is 5.75 Å². The number of amides is 1. The van der Waals surface area contributed by atoms with Crippen molar-refractivity contribution in [2.45, 2.75) is 44.2 Å². The van der Waals surface area contributed by atoms with Crippen molar-refractivity contribution in [3.8, 4) is 5.75 Å². The van der Waals surface area contributed by atoms with E-state index in [9.17, 15) is 9.90 Å². The number of hydrogen-bond acceptors (Lipinski definition) is 4. The lowest BCUT2D eigenvalue weighted by Crippen LogP contribution is -2.55. The summed E-state index contributed by atoms with van der Waals surface area (Å²) in [5.41, 5.74) is 4.22. The molecule has 3 heterocycles. The van der Waals surface area contributed by atoms with Gasteiger partial charge in [0.1, 0.15) is 5.75 Å². The summed E-state index contributed by atoms with van der Waals surface area (Å²) in [6.07, 6.45) is 2.30. The largest absolute Gasteiger partial charge is 0.497 e. The Balaban J connectivity index is 1.53. The molecule has 2 N–H and O–H groups in total. The molecule has 1 fully saturated rings. The van der Waals surface area contributed by atoms with Crippen molar-refractivity contribution >= 4 is 28.4 Å². The molecule has 3 aromatic rings. The average molecular weight is 482 g/mol. The number of aliphatic hydroxyl groups excluding tert-OH is 1. The van der Waals surface area contributed by atoms with Gasteiger partial charge in [0, 0.05) is 52.6 Å². The highest BCUT2D eigenvalue weighted by atomic mass is 35.5. The van der Waals surface area contributed by atoms with Crippen LogP contribution in [0.3, 0.4) is 0 Å². The molecule has 2 aliphatic rings. The normalized spacial score (nSPS) is 20.0. The third kappa shape index (κ3) is 3.88. The molecule has 6 nitrogen and oxygen atoms in total. The van der Waals surface area contributed by atoms with E-state index < -0.39 is 0 Å². The quantitative estimate of drug-likeness (QED) is 0.556. The SMILES string of the molecule is CCC(=O)N1CC2(CCN(Cc3ccccc3Cl)CC2)c2c([nH]c3cc(OC)ccc23)[C@@H]1CO. The van der Waals surface area contributed by atoms with Crippen molar-refractivity contribution < 1.29 is 14.6 Å². The van der Waals surface area contributed by atoms with Gasteiger partial charge in [0.15, 0.2) is 0 Å². The van der Waals surface area contributed by atoms with Gasteiger partial charge in [-0.1, -0.05) is 36.7 Å². The van der Waals surface area contributed by atoms with E-state index in [1.165, 1.54) is 5.56 Å². The number of benzene rings is 2. The molecule has 180 valence electrons. The number of carbonyl (C=O) groups excluding carboxylic acids is 1. The van der Waals surface area contributed by atoms with Gasteiger partial charge in [-0.25, -0.2) is 0 Å². The highest BCUT2D eigenvalue weighted by molar-refractivity contribution is 6.31. The van der Waals surface area contributed by atoms with Gasteiger partial charge in [0.25, 0.3) is 0 Å². The monoisotopic (exact) mass is 481 g/mol. The van der Waals surface area contributed by atoms with Crippen LogP contribution in [0.15, 0.2) is 42.5 Å². The lowest BCUT2D eigenvalue weighted by molar-refractivity contribution is -0.137. The summed E-state index contributed by atoms with van der Waals surface area (Å²) in [6, 6.07) is 13.8. The molecule has 1 aromatic heterocycles. The number of methoxy groups -OCH3 is 1. The second-order valence-corrected chi connectivity index (χ2v) is 9.95. The second kappa shape index (κ2) is 9.25. The Hall–Kier alpha value is -2.54. The molecule has 7 heteroatoms. The number of aliphatic hydroxyl groups is 1. The first-order valence-electron chi connectivity index (χ1n) is 12.1. The molecule has 0 unspecified atom stereocenters. The third-order valence-corrected chi connectivity index (χ3v) is 8.08. The first-order valence-corrected chi connectivity index (χ1v) is 12.4. The number of carbonyl (C=O) groups is 1. The zero-order chi connectivity index (χ0) is 23.9. The van der Waals surface area contributed by atoms with Gasteiger partial charge >= 0.3 is 0 Å². The smallest absolute Gasteiger partial charge is 0.222 e. The summed E-state index contributed by atoms with van der Waals surface area (Å²) in [4.78, 5) is 20.9. The Morgan fingerprint density at radius 2 is 2.00 bits per heavy atom. The summed E-state index contributed by atoms with van der Waals surface area (Å²) in [6.45, 7) is 5.09. The fourth-order valence-electron chi connectivity index (χ4n) is 5.89. The predicted octanol–water partition coefficient (Wildman–Crippen LogP) is 4.65. The van der Waals surface area contributed by atoms with Crippen LogP contribution >= 0.6 is 11.6 Å². The number of hydrogen-bond donors (Lipinski definition) is 2. The van der Waals surface area contributed by atoms with Crippen molar-refractivity contribution in [1.29, 1.82) is 0 Å². The maximum absolute atomic E-state index is 13.0. The molecule has 34 heavy (non-hydrogen) atoms. The molecule has 1 spiro atoms. The molecule has 0 aliphatic carbocycles. The number of rotatable bonds is 5. The first-order chi connectivity index (χ1) is 16.5. The number of nitrogens with one attached hydrogen (secondary N) is 1. The van der Waals surface area contributed by atoms with E-state index in [2.05, 4.69) is 22.0 Å². The Kier molecular flexibility index (Phi) is 6.32. The van der Waals surface area contributed by atoms with Gasteiger partial charge < -0.3 is 19.7 Å². The topological polar surface area (TPSA) is 68.8 Å². The molecular formula is C27H32ClN3O3. The number of aromatic nitrogens is 1.